The van der Waals surface area contributed by atoms with Gasteiger partial charge in [-0.05, 0) is 50.7 Å². The van der Waals surface area contributed by atoms with Crippen LogP contribution < -0.4 is 5.73 Å². The molecular formula is C32H42FN3O15. The number of halogens is 1. The molecule has 0 aromatic heterocycles. The Balaban J connectivity index is 1.50. The zero-order valence-electron chi connectivity index (χ0n) is 28.6. The Hall–Kier alpha value is -4.52. The van der Waals surface area contributed by atoms with Crippen molar-refractivity contribution in [1.82, 2.24) is 0 Å². The average molecular weight is 728 g/mol. The summed E-state index contributed by atoms with van der Waals surface area (Å²) in [7, 11) is 0. The molecule has 19 heteroatoms. The van der Waals surface area contributed by atoms with Gasteiger partial charge >= 0.3 is 17.9 Å². The monoisotopic (exact) mass is 727 g/mol. The minimum absolute atomic E-state index is 0.116. The molecule has 0 aliphatic heterocycles. The summed E-state index contributed by atoms with van der Waals surface area (Å²) in [6, 6.07) is -1.69. The predicted octanol–water partition coefficient (Wildman–Crippen LogP) is 1.45. The van der Waals surface area contributed by atoms with E-state index in [1.807, 2.05) is 0 Å². The van der Waals surface area contributed by atoms with Crippen molar-refractivity contribution in [3.05, 3.63) is 44.0 Å². The van der Waals surface area contributed by atoms with Crippen LogP contribution in [0.3, 0.4) is 0 Å². The van der Waals surface area contributed by atoms with Gasteiger partial charge in [-0.3, -0.25) is 24.0 Å². The van der Waals surface area contributed by atoms with Gasteiger partial charge in [-0.25, -0.2) is 4.39 Å². The number of ketones is 2. The first-order valence-electron chi connectivity index (χ1n) is 16.5. The van der Waals surface area contributed by atoms with Crippen molar-refractivity contribution in [2.24, 2.45) is 34.3 Å². The van der Waals surface area contributed by atoms with Gasteiger partial charge in [-0.1, -0.05) is 32.4 Å². The van der Waals surface area contributed by atoms with Crippen molar-refractivity contribution in [2.75, 3.05) is 19.8 Å². The number of hydrogen-bond acceptors (Lipinski definition) is 16. The highest BCUT2D eigenvalue weighted by Crippen LogP contribution is 2.71. The molecule has 3 N–H and O–H groups in total. The van der Waals surface area contributed by atoms with Gasteiger partial charge in [0.15, 0.2) is 29.8 Å². The van der Waals surface area contributed by atoms with Crippen LogP contribution in [0.1, 0.15) is 66.2 Å². The molecule has 10 atom stereocenters. The number of alkyl halides is 1. The van der Waals surface area contributed by atoms with Crippen LogP contribution in [-0.4, -0.2) is 94.1 Å². The van der Waals surface area contributed by atoms with Crippen molar-refractivity contribution in [3.8, 4) is 0 Å². The lowest BCUT2D eigenvalue weighted by Gasteiger charge is -2.62. The number of carbonyl (C=O) groups is 5. The van der Waals surface area contributed by atoms with Crippen molar-refractivity contribution < 1.29 is 67.5 Å². The first-order valence-corrected chi connectivity index (χ1v) is 16.5. The Bertz CT molecular complexity index is 1540. The molecule has 282 valence electrons. The molecule has 51 heavy (non-hydrogen) atoms. The third kappa shape index (κ3) is 6.92. The van der Waals surface area contributed by atoms with Gasteiger partial charge in [0, 0.05) is 29.1 Å². The molecule has 0 bridgehead atoms. The molecule has 3 fully saturated rings. The van der Waals surface area contributed by atoms with Crippen molar-refractivity contribution >= 4 is 29.5 Å². The number of nitrogens with zero attached hydrogens (tertiary/aromatic N) is 2. The zero-order chi connectivity index (χ0) is 38.1. The fourth-order valence-electron chi connectivity index (χ4n) is 8.88. The molecule has 0 spiro atoms. The molecular weight excluding hydrogens is 685 g/mol. The number of rotatable bonds is 15. The number of ether oxygens (including phenoxy) is 3. The van der Waals surface area contributed by atoms with Crippen LogP contribution >= 0.6 is 0 Å². The predicted molar refractivity (Wildman–Crippen MR) is 166 cm³/mol. The lowest BCUT2D eigenvalue weighted by Crippen LogP contribution is -2.70. The van der Waals surface area contributed by atoms with E-state index in [-0.39, 0.29) is 31.5 Å². The molecule has 4 aliphatic rings. The number of fused-ring (bicyclic) bond motifs is 5. The van der Waals surface area contributed by atoms with E-state index in [0.717, 1.165) is 0 Å². The van der Waals surface area contributed by atoms with Gasteiger partial charge in [0.05, 0.1) is 12.5 Å². The van der Waals surface area contributed by atoms with E-state index in [9.17, 15) is 49.3 Å². The minimum atomic E-state index is -2.21. The van der Waals surface area contributed by atoms with Crippen LogP contribution in [0.2, 0.25) is 0 Å². The van der Waals surface area contributed by atoms with E-state index < -0.39 is 118 Å². The maximum absolute atomic E-state index is 17.6. The summed E-state index contributed by atoms with van der Waals surface area (Å²) >= 11 is 0. The standard InChI is InChI=1S/C32H42FN3O15/c1-5-26(40)50-32(25(39)16-47-27(41)12-23(34)28(42)48-14-20(51-36(45)46)15-49-35(43)44)17(2)10-22-21-7-6-18-11-19(37)8-9-29(18,3)31(21,33)24(38)13-30(22,32)4/h8-9,11,17,20-24,38H,5-7,10,12-16,34H2,1-4H3/t17-,20?,21-,22-,23?,24-,29-,30-,31-,32-/m0/s1. The Morgan fingerprint density at radius 2 is 1.78 bits per heavy atom. The fourth-order valence-corrected chi connectivity index (χ4v) is 8.88. The first kappa shape index (κ1) is 39.3. The van der Waals surface area contributed by atoms with Crippen LogP contribution in [0.25, 0.3) is 0 Å². The van der Waals surface area contributed by atoms with Gasteiger partial charge < -0.3 is 34.7 Å². The Kier molecular flexibility index (Phi) is 11.2. The highest BCUT2D eigenvalue weighted by atomic mass is 19.1. The van der Waals surface area contributed by atoms with Crippen molar-refractivity contribution in [1.29, 1.82) is 0 Å². The SMILES string of the molecule is CCC(=O)O[C@]1(C(=O)COC(=O)CC(N)C(=O)OCC(CO[N+](=O)[O-])O[N+](=O)[O-])[C@@H](C)C[C@H]2[C@@H]3CCC4=CC(=O)C=C[C@]4(C)[C@@]3(F)[C@@H](O)C[C@@]21C. The van der Waals surface area contributed by atoms with Crippen LogP contribution in [-0.2, 0) is 47.9 Å². The van der Waals surface area contributed by atoms with Crippen molar-refractivity contribution in [3.63, 3.8) is 0 Å². The topological polar surface area (TPSA) is 264 Å². The molecule has 0 amide bonds. The van der Waals surface area contributed by atoms with E-state index in [1.54, 1.807) is 20.8 Å². The Labute approximate surface area is 291 Å². The molecule has 0 heterocycles. The second kappa shape index (κ2) is 14.6. The Morgan fingerprint density at radius 1 is 1.10 bits per heavy atom. The second-order valence-corrected chi connectivity index (χ2v) is 14.0. The summed E-state index contributed by atoms with van der Waals surface area (Å²) in [5.41, 5.74) is -0.464. The molecule has 4 rings (SSSR count). The molecule has 18 nitrogen and oxygen atoms in total. The van der Waals surface area contributed by atoms with E-state index in [2.05, 4.69) is 9.68 Å². The smallest absolute Gasteiger partial charge is 0.323 e. The van der Waals surface area contributed by atoms with E-state index >= 15 is 4.39 Å². The molecule has 0 saturated heterocycles. The molecule has 0 aromatic rings. The Morgan fingerprint density at radius 3 is 2.41 bits per heavy atom. The number of allylic oxidation sites excluding steroid dienone is 4. The summed E-state index contributed by atoms with van der Waals surface area (Å²) in [5, 5.41) is 30.2. The zero-order valence-corrected chi connectivity index (χ0v) is 28.6. The lowest BCUT2D eigenvalue weighted by molar-refractivity contribution is -0.790. The van der Waals surface area contributed by atoms with Gasteiger partial charge in [0.1, 0.15) is 19.3 Å². The summed E-state index contributed by atoms with van der Waals surface area (Å²) in [6.07, 6.45) is 0.509. The molecule has 4 aliphatic carbocycles. The number of aliphatic hydroxyl groups excluding tert-OH is 1. The lowest BCUT2D eigenvalue weighted by atomic mass is 9.44. The quantitative estimate of drug-likeness (QED) is 0.105. The van der Waals surface area contributed by atoms with Gasteiger partial charge in [-0.15, -0.1) is 20.2 Å². The van der Waals surface area contributed by atoms with E-state index in [1.165, 1.54) is 25.2 Å². The molecule has 0 aromatic carbocycles. The molecule has 0 radical (unpaired) electrons. The van der Waals surface area contributed by atoms with Gasteiger partial charge in [-0.2, -0.15) is 0 Å². The normalized spacial score (nSPS) is 34.7. The maximum Gasteiger partial charge on any atom is 0.323 e. The third-order valence-corrected chi connectivity index (χ3v) is 11.2. The van der Waals surface area contributed by atoms with Gasteiger partial charge in [0.25, 0.3) is 10.2 Å². The largest absolute Gasteiger partial charge is 0.462 e. The van der Waals surface area contributed by atoms with Crippen LogP contribution in [0.4, 0.5) is 4.39 Å². The van der Waals surface area contributed by atoms with E-state index in [4.69, 9.17) is 19.9 Å². The number of hydrogen-bond donors (Lipinski definition) is 2. The number of nitrogens with two attached hydrogens (primary N) is 1. The molecule has 3 saturated carbocycles. The number of aliphatic hydroxyl groups is 1. The minimum Gasteiger partial charge on any atom is -0.462 e. The average Bonchev–Trinajstić information content (AvgIpc) is 3.27. The maximum atomic E-state index is 17.6. The highest BCUT2D eigenvalue weighted by Gasteiger charge is 2.77. The highest BCUT2D eigenvalue weighted by molar-refractivity contribution is 6.01. The van der Waals surface area contributed by atoms with Crippen molar-refractivity contribution in [2.45, 2.75) is 95.7 Å². The van der Waals surface area contributed by atoms with Gasteiger partial charge in [0.2, 0.25) is 5.78 Å². The summed E-state index contributed by atoms with van der Waals surface area (Å²) in [4.78, 5) is 93.5. The van der Waals surface area contributed by atoms with Crippen LogP contribution in [0.15, 0.2) is 23.8 Å². The number of carbonyl (C=O) groups excluding carboxylic acids is 5. The summed E-state index contributed by atoms with van der Waals surface area (Å²) < 4.78 is 33.5. The second-order valence-electron chi connectivity index (χ2n) is 14.0. The number of esters is 3. The summed E-state index contributed by atoms with van der Waals surface area (Å²) in [5.74, 6) is -6.30. The summed E-state index contributed by atoms with van der Waals surface area (Å²) in [6.45, 7) is 3.73. The number of Topliss-reactive ketones (excluding diaryl/α,β-unsaturated/α-hetero) is 1. The van der Waals surface area contributed by atoms with Crippen LogP contribution in [0, 0.1) is 48.8 Å². The van der Waals surface area contributed by atoms with Crippen LogP contribution in [0.5, 0.6) is 0 Å². The third-order valence-electron chi connectivity index (χ3n) is 11.2. The molecule has 2 unspecified atom stereocenters. The fraction of sp³-hybridized carbons (Fsp3) is 0.719. The first-order chi connectivity index (χ1) is 23.8. The van der Waals surface area contributed by atoms with E-state index in [0.29, 0.717) is 12.0 Å².